The summed E-state index contributed by atoms with van der Waals surface area (Å²) < 4.78 is 2.56. The van der Waals surface area contributed by atoms with Gasteiger partial charge in [-0.25, -0.2) is 0 Å². The zero-order valence-corrected chi connectivity index (χ0v) is 12.8. The highest BCUT2D eigenvalue weighted by molar-refractivity contribution is 14.1. The fourth-order valence-corrected chi connectivity index (χ4v) is 2.53. The first kappa shape index (κ1) is 12.1. The third-order valence-corrected chi connectivity index (χ3v) is 4.22. The summed E-state index contributed by atoms with van der Waals surface area (Å²) in [4.78, 5) is 0. The van der Waals surface area contributed by atoms with Gasteiger partial charge in [-0.1, -0.05) is 48.6 Å². The summed E-state index contributed by atoms with van der Waals surface area (Å²) in [6, 6.07) is 16.8. The number of benzene rings is 2. The van der Waals surface area contributed by atoms with Crippen LogP contribution in [0.1, 0.15) is 11.1 Å². The Labute approximate surface area is 123 Å². The fourth-order valence-electron chi connectivity index (χ4n) is 1.40. The zero-order chi connectivity index (χ0) is 11.4. The number of hydrogen-bond acceptors (Lipinski definition) is 0. The normalized spacial score (nSPS) is 10.9. The van der Waals surface area contributed by atoms with E-state index in [1.165, 1.54) is 18.3 Å². The molecule has 80 valence electrons. The van der Waals surface area contributed by atoms with Crippen molar-refractivity contribution in [1.29, 1.82) is 0 Å². The molecule has 0 fully saturated rings. The first-order chi connectivity index (χ1) is 7.77. The van der Waals surface area contributed by atoms with E-state index in [0.717, 1.165) is 0 Å². The monoisotopic (exact) mass is 432 g/mol. The average Bonchev–Trinajstić information content (AvgIpc) is 2.30. The Balaban J connectivity index is 2.29. The molecule has 0 heterocycles. The Hall–Kier alpha value is -0.360. The molecule has 2 aromatic rings. The molecule has 2 heteroatoms. The molecule has 0 bridgehead atoms. The lowest BCUT2D eigenvalue weighted by atomic mass is 10.1. The fraction of sp³-hybridized carbons (Fsp3) is 0. The Morgan fingerprint density at radius 1 is 0.625 bits per heavy atom. The van der Waals surface area contributed by atoms with Gasteiger partial charge in [-0.15, -0.1) is 0 Å². The average molecular weight is 432 g/mol. The van der Waals surface area contributed by atoms with Crippen LogP contribution >= 0.6 is 45.2 Å². The molecule has 0 atom stereocenters. The van der Waals surface area contributed by atoms with Crippen molar-refractivity contribution in [2.24, 2.45) is 0 Å². The maximum atomic E-state index is 2.36. The Morgan fingerprint density at radius 3 is 1.38 bits per heavy atom. The van der Waals surface area contributed by atoms with E-state index in [4.69, 9.17) is 0 Å². The lowest BCUT2D eigenvalue weighted by Crippen LogP contribution is -1.80. The minimum Gasteiger partial charge on any atom is -0.0616 e. The Morgan fingerprint density at radius 2 is 1.00 bits per heavy atom. The van der Waals surface area contributed by atoms with Crippen LogP contribution in [0, 0.1) is 7.14 Å². The van der Waals surface area contributed by atoms with Crippen molar-refractivity contribution >= 4 is 57.3 Å². The summed E-state index contributed by atoms with van der Waals surface area (Å²) in [7, 11) is 0. The van der Waals surface area contributed by atoms with Gasteiger partial charge < -0.3 is 0 Å². The summed E-state index contributed by atoms with van der Waals surface area (Å²) in [5.41, 5.74) is 2.53. The number of halogens is 2. The van der Waals surface area contributed by atoms with Gasteiger partial charge in [0.15, 0.2) is 0 Å². The predicted octanol–water partition coefficient (Wildman–Crippen LogP) is 5.07. The summed E-state index contributed by atoms with van der Waals surface area (Å²) >= 11 is 4.72. The second-order valence-electron chi connectivity index (χ2n) is 3.38. The van der Waals surface area contributed by atoms with Gasteiger partial charge in [0.05, 0.1) is 0 Å². The molecule has 0 unspecified atom stereocenters. The van der Waals surface area contributed by atoms with Gasteiger partial charge >= 0.3 is 0 Å². The van der Waals surface area contributed by atoms with Crippen molar-refractivity contribution in [3.05, 3.63) is 66.8 Å². The van der Waals surface area contributed by atoms with Gasteiger partial charge in [-0.05, 0) is 68.4 Å². The molecule has 0 amide bonds. The largest absolute Gasteiger partial charge is 0.0616 e. The van der Waals surface area contributed by atoms with Crippen LogP contribution in [-0.2, 0) is 0 Å². The van der Waals surface area contributed by atoms with Gasteiger partial charge in [0.25, 0.3) is 0 Å². The standard InChI is InChI=1S/C14H10I2/c15-13-7-3-1-5-11(13)9-10-12-6-2-4-8-14(12)16/h1-10H. The van der Waals surface area contributed by atoms with E-state index >= 15 is 0 Å². The molecule has 2 aromatic carbocycles. The molecule has 0 aliphatic rings. The maximum absolute atomic E-state index is 2.36. The van der Waals surface area contributed by atoms with Crippen LogP contribution in [0.3, 0.4) is 0 Å². The van der Waals surface area contributed by atoms with Crippen LogP contribution in [-0.4, -0.2) is 0 Å². The molecule has 0 nitrogen and oxygen atoms in total. The zero-order valence-electron chi connectivity index (χ0n) is 8.53. The van der Waals surface area contributed by atoms with E-state index in [0.29, 0.717) is 0 Å². The van der Waals surface area contributed by atoms with Crippen molar-refractivity contribution in [3.63, 3.8) is 0 Å². The van der Waals surface area contributed by atoms with E-state index in [1.54, 1.807) is 0 Å². The molecule has 0 radical (unpaired) electrons. The molecular weight excluding hydrogens is 422 g/mol. The van der Waals surface area contributed by atoms with Crippen molar-refractivity contribution in [3.8, 4) is 0 Å². The van der Waals surface area contributed by atoms with E-state index in [-0.39, 0.29) is 0 Å². The molecule has 0 saturated carbocycles. The lowest BCUT2D eigenvalue weighted by molar-refractivity contribution is 1.58. The molecule has 0 N–H and O–H groups in total. The minimum absolute atomic E-state index is 1.27. The van der Waals surface area contributed by atoms with Gasteiger partial charge in [0.2, 0.25) is 0 Å². The molecule has 0 aliphatic heterocycles. The van der Waals surface area contributed by atoms with Gasteiger partial charge in [-0.3, -0.25) is 0 Å². The highest BCUT2D eigenvalue weighted by Gasteiger charge is 1.95. The third kappa shape index (κ3) is 3.07. The summed E-state index contributed by atoms with van der Waals surface area (Å²) in [5, 5.41) is 0. The van der Waals surface area contributed by atoms with Crippen LogP contribution in [0.5, 0.6) is 0 Å². The lowest BCUT2D eigenvalue weighted by Gasteiger charge is -1.99. The highest BCUT2D eigenvalue weighted by atomic mass is 127. The Bertz CT molecular complexity index is 468. The molecule has 0 saturated heterocycles. The second kappa shape index (κ2) is 5.82. The SMILES string of the molecule is Ic1ccccc1C=Cc1ccccc1I. The van der Waals surface area contributed by atoms with Crippen LogP contribution < -0.4 is 0 Å². The maximum Gasteiger partial charge on any atom is 0.0202 e. The van der Waals surface area contributed by atoms with Gasteiger partial charge in [0, 0.05) is 7.14 Å². The van der Waals surface area contributed by atoms with Crippen LogP contribution in [0.15, 0.2) is 48.5 Å². The van der Waals surface area contributed by atoms with Crippen molar-refractivity contribution < 1.29 is 0 Å². The van der Waals surface area contributed by atoms with Crippen LogP contribution in [0.2, 0.25) is 0 Å². The van der Waals surface area contributed by atoms with E-state index in [2.05, 4.69) is 106 Å². The summed E-state index contributed by atoms with van der Waals surface area (Å²) in [6.07, 6.45) is 4.33. The topological polar surface area (TPSA) is 0 Å². The molecule has 0 spiro atoms. The first-order valence-corrected chi connectivity index (χ1v) is 7.10. The van der Waals surface area contributed by atoms with Crippen molar-refractivity contribution in [2.45, 2.75) is 0 Å². The van der Waals surface area contributed by atoms with E-state index in [1.807, 2.05) is 0 Å². The van der Waals surface area contributed by atoms with Gasteiger partial charge in [0.1, 0.15) is 0 Å². The number of rotatable bonds is 2. The summed E-state index contributed by atoms with van der Waals surface area (Å²) in [6.45, 7) is 0. The molecular formula is C14H10I2. The highest BCUT2D eigenvalue weighted by Crippen LogP contribution is 2.17. The van der Waals surface area contributed by atoms with E-state index < -0.39 is 0 Å². The van der Waals surface area contributed by atoms with Crippen molar-refractivity contribution in [2.75, 3.05) is 0 Å². The van der Waals surface area contributed by atoms with Crippen LogP contribution in [0.4, 0.5) is 0 Å². The molecule has 2 rings (SSSR count). The predicted molar refractivity (Wildman–Crippen MR) is 87.2 cm³/mol. The summed E-state index contributed by atoms with van der Waals surface area (Å²) in [5.74, 6) is 0. The first-order valence-electron chi connectivity index (χ1n) is 4.94. The number of hydrogen-bond donors (Lipinski definition) is 0. The van der Waals surface area contributed by atoms with Crippen LogP contribution in [0.25, 0.3) is 12.2 Å². The second-order valence-corrected chi connectivity index (χ2v) is 5.70. The quantitative estimate of drug-likeness (QED) is 0.460. The Kier molecular flexibility index (Phi) is 4.40. The minimum atomic E-state index is 1.27. The molecule has 16 heavy (non-hydrogen) atoms. The van der Waals surface area contributed by atoms with Crippen molar-refractivity contribution in [1.82, 2.24) is 0 Å². The third-order valence-electron chi connectivity index (χ3n) is 2.25. The van der Waals surface area contributed by atoms with Gasteiger partial charge in [-0.2, -0.15) is 0 Å². The molecule has 0 aromatic heterocycles. The smallest absolute Gasteiger partial charge is 0.0202 e. The van der Waals surface area contributed by atoms with E-state index in [9.17, 15) is 0 Å². The molecule has 0 aliphatic carbocycles.